The molecular weight excluding hydrogens is 104 g/mol. The zero-order chi connectivity index (χ0) is 5.98. The van der Waals surface area contributed by atoms with E-state index in [2.05, 4.69) is 5.43 Å². The first-order valence-electron chi connectivity index (χ1n) is 2.53. The van der Waals surface area contributed by atoms with Crippen LogP contribution in [0.5, 0.6) is 0 Å². The van der Waals surface area contributed by atoms with Crippen molar-refractivity contribution in [3.63, 3.8) is 0 Å². The molecule has 0 fully saturated rings. The van der Waals surface area contributed by atoms with Crippen molar-refractivity contribution in [3.8, 4) is 0 Å². The van der Waals surface area contributed by atoms with Gasteiger partial charge < -0.3 is 10.2 Å². The summed E-state index contributed by atoms with van der Waals surface area (Å²) >= 11 is 0. The van der Waals surface area contributed by atoms with Crippen LogP contribution in [0.3, 0.4) is 0 Å². The molecular formula is C5H10N2O. The minimum Gasteiger partial charge on any atom is -0.498 e. The van der Waals surface area contributed by atoms with Gasteiger partial charge in [0.25, 0.3) is 0 Å². The molecule has 46 valence electrons. The molecule has 0 aromatic carbocycles. The summed E-state index contributed by atoms with van der Waals surface area (Å²) in [7, 11) is 3.63. The van der Waals surface area contributed by atoms with Crippen LogP contribution in [0.15, 0.2) is 12.0 Å². The molecule has 0 radical (unpaired) electrons. The van der Waals surface area contributed by atoms with E-state index < -0.39 is 0 Å². The number of hydrazine groups is 1. The van der Waals surface area contributed by atoms with Crippen LogP contribution >= 0.6 is 0 Å². The lowest BCUT2D eigenvalue weighted by molar-refractivity contribution is 0.248. The molecule has 1 heterocycles. The molecule has 1 aliphatic rings. The first-order chi connectivity index (χ1) is 3.83. The van der Waals surface area contributed by atoms with Gasteiger partial charge >= 0.3 is 0 Å². The first-order valence-corrected chi connectivity index (χ1v) is 2.53. The van der Waals surface area contributed by atoms with E-state index in [9.17, 15) is 0 Å². The third-order valence-corrected chi connectivity index (χ3v) is 1.10. The smallest absolute Gasteiger partial charge is 0.128 e. The summed E-state index contributed by atoms with van der Waals surface area (Å²) in [4.78, 5) is 0. The number of rotatable bonds is 1. The zero-order valence-electron chi connectivity index (χ0n) is 5.14. The summed E-state index contributed by atoms with van der Waals surface area (Å²) in [5.74, 6) is 0.979. The Kier molecular flexibility index (Phi) is 1.39. The van der Waals surface area contributed by atoms with Gasteiger partial charge in [0.2, 0.25) is 0 Å². The number of likely N-dealkylation sites (N-methyl/N-ethyl adjacent to an activating group) is 1. The van der Waals surface area contributed by atoms with Gasteiger partial charge in [0.05, 0.1) is 19.9 Å². The summed E-state index contributed by atoms with van der Waals surface area (Å²) < 4.78 is 4.94. The van der Waals surface area contributed by atoms with Crippen molar-refractivity contribution in [2.24, 2.45) is 0 Å². The second kappa shape index (κ2) is 2.05. The molecule has 0 aromatic rings. The summed E-state index contributed by atoms with van der Waals surface area (Å²) in [5, 5.41) is 1.94. The van der Waals surface area contributed by atoms with E-state index in [1.54, 1.807) is 7.11 Å². The highest BCUT2D eigenvalue weighted by molar-refractivity contribution is 4.97. The normalized spacial score (nSPS) is 20.0. The van der Waals surface area contributed by atoms with Crippen LogP contribution < -0.4 is 5.43 Å². The van der Waals surface area contributed by atoms with Crippen molar-refractivity contribution in [1.82, 2.24) is 10.4 Å². The molecule has 0 bridgehead atoms. The molecule has 1 rings (SSSR count). The van der Waals surface area contributed by atoms with Gasteiger partial charge in [-0.15, -0.1) is 0 Å². The summed E-state index contributed by atoms with van der Waals surface area (Å²) in [5.41, 5.74) is 2.97. The van der Waals surface area contributed by atoms with Gasteiger partial charge in [-0.05, 0) is 0 Å². The second-order valence-corrected chi connectivity index (χ2v) is 1.80. The average molecular weight is 114 g/mol. The van der Waals surface area contributed by atoms with Gasteiger partial charge in [-0.3, -0.25) is 0 Å². The molecule has 0 saturated carbocycles. The molecule has 1 aliphatic heterocycles. The Bertz CT molecular complexity index is 111. The van der Waals surface area contributed by atoms with Crippen LogP contribution in [-0.4, -0.2) is 25.7 Å². The van der Waals surface area contributed by atoms with Crippen LogP contribution in [0.25, 0.3) is 0 Å². The maximum atomic E-state index is 4.94. The first kappa shape index (κ1) is 5.44. The highest BCUT2D eigenvalue weighted by Gasteiger charge is 2.06. The van der Waals surface area contributed by atoms with Crippen molar-refractivity contribution in [3.05, 3.63) is 12.0 Å². The molecule has 0 amide bonds. The van der Waals surface area contributed by atoms with E-state index in [1.165, 1.54) is 0 Å². The number of hydrogen-bond acceptors (Lipinski definition) is 3. The molecule has 0 aromatic heterocycles. The molecule has 0 spiro atoms. The molecule has 3 heteroatoms. The largest absolute Gasteiger partial charge is 0.498 e. The third kappa shape index (κ3) is 0.924. The Morgan fingerprint density at radius 2 is 2.62 bits per heavy atom. The number of ether oxygens (including phenoxy) is 1. The number of nitrogens with one attached hydrogen (secondary N) is 1. The van der Waals surface area contributed by atoms with E-state index in [0.29, 0.717) is 0 Å². The van der Waals surface area contributed by atoms with Gasteiger partial charge in [-0.25, -0.2) is 5.01 Å². The molecule has 0 aliphatic carbocycles. The van der Waals surface area contributed by atoms with Gasteiger partial charge in [0.1, 0.15) is 5.76 Å². The molecule has 3 nitrogen and oxygen atoms in total. The van der Waals surface area contributed by atoms with E-state index in [0.717, 1.165) is 12.3 Å². The molecule has 0 unspecified atom stereocenters. The van der Waals surface area contributed by atoms with Crippen molar-refractivity contribution < 1.29 is 4.74 Å². The van der Waals surface area contributed by atoms with Gasteiger partial charge in [0.15, 0.2) is 0 Å². The fourth-order valence-electron chi connectivity index (χ4n) is 0.631. The second-order valence-electron chi connectivity index (χ2n) is 1.80. The summed E-state index contributed by atoms with van der Waals surface area (Å²) in [6, 6.07) is 0. The van der Waals surface area contributed by atoms with E-state index in [-0.39, 0.29) is 0 Å². The lowest BCUT2D eigenvalue weighted by Crippen LogP contribution is -2.24. The molecule has 8 heavy (non-hydrogen) atoms. The van der Waals surface area contributed by atoms with Crippen LogP contribution in [-0.2, 0) is 4.74 Å². The molecule has 1 N–H and O–H groups in total. The third-order valence-electron chi connectivity index (χ3n) is 1.10. The van der Waals surface area contributed by atoms with Crippen molar-refractivity contribution in [1.29, 1.82) is 0 Å². The maximum absolute atomic E-state index is 4.94. The highest BCUT2D eigenvalue weighted by atomic mass is 16.5. The summed E-state index contributed by atoms with van der Waals surface area (Å²) in [6.45, 7) is 0.858. The van der Waals surface area contributed by atoms with Crippen LogP contribution in [0.2, 0.25) is 0 Å². The van der Waals surface area contributed by atoms with E-state index in [1.807, 2.05) is 18.3 Å². The van der Waals surface area contributed by atoms with Crippen molar-refractivity contribution in [2.45, 2.75) is 0 Å². The van der Waals surface area contributed by atoms with Crippen molar-refractivity contribution in [2.75, 3.05) is 20.7 Å². The monoisotopic (exact) mass is 114 g/mol. The lowest BCUT2D eigenvalue weighted by Gasteiger charge is -2.05. The van der Waals surface area contributed by atoms with Gasteiger partial charge in [0, 0.05) is 7.05 Å². The highest BCUT2D eigenvalue weighted by Crippen LogP contribution is 2.00. The van der Waals surface area contributed by atoms with Crippen LogP contribution in [0, 0.1) is 0 Å². The predicted octanol–water partition coefficient (Wildman–Crippen LogP) is -0.0758. The fraction of sp³-hybridized carbons (Fsp3) is 0.600. The van der Waals surface area contributed by atoms with Gasteiger partial charge in [-0.1, -0.05) is 0 Å². The Balaban J connectivity index is 2.37. The zero-order valence-corrected chi connectivity index (χ0v) is 5.14. The van der Waals surface area contributed by atoms with Crippen LogP contribution in [0.4, 0.5) is 0 Å². The Labute approximate surface area is 48.9 Å². The maximum Gasteiger partial charge on any atom is 0.128 e. The predicted molar refractivity (Wildman–Crippen MR) is 30.9 cm³/mol. The average Bonchev–Trinajstić information content (AvgIpc) is 2.14. The van der Waals surface area contributed by atoms with Crippen LogP contribution in [0.1, 0.15) is 0 Å². The number of nitrogens with zero attached hydrogens (tertiary/aromatic N) is 1. The van der Waals surface area contributed by atoms with Crippen molar-refractivity contribution >= 4 is 0 Å². The van der Waals surface area contributed by atoms with E-state index >= 15 is 0 Å². The quantitative estimate of drug-likeness (QED) is 0.516. The number of methoxy groups -OCH3 is 1. The Hall–Kier alpha value is -0.700. The summed E-state index contributed by atoms with van der Waals surface area (Å²) in [6.07, 6.45) is 1.85. The van der Waals surface area contributed by atoms with Gasteiger partial charge in [-0.2, -0.15) is 0 Å². The molecule has 0 saturated heterocycles. The Morgan fingerprint density at radius 1 is 1.88 bits per heavy atom. The molecule has 0 atom stereocenters. The minimum atomic E-state index is 0.858. The lowest BCUT2D eigenvalue weighted by atomic mass is 10.5. The van der Waals surface area contributed by atoms with E-state index in [4.69, 9.17) is 4.74 Å². The minimum absolute atomic E-state index is 0.858. The fourth-order valence-corrected chi connectivity index (χ4v) is 0.631. The SMILES string of the molecule is COC1=CNN(C)C1. The standard InChI is InChI=1S/C5H10N2O/c1-7-4-5(8-2)3-6-7/h3,6H,4H2,1-2H3. The number of hydrogen-bond donors (Lipinski definition) is 1. The topological polar surface area (TPSA) is 24.5 Å². The Morgan fingerprint density at radius 3 is 2.88 bits per heavy atom.